The minimum atomic E-state index is -0.208. The van der Waals surface area contributed by atoms with Gasteiger partial charge in [0.25, 0.3) is 5.91 Å². The Labute approximate surface area is 200 Å². The highest BCUT2D eigenvalue weighted by Crippen LogP contribution is 2.29. The number of hydrogen-bond donors (Lipinski definition) is 1. The maximum Gasteiger partial charge on any atom is 0.250 e. The lowest BCUT2D eigenvalue weighted by molar-refractivity contribution is -0.118. The van der Waals surface area contributed by atoms with Crippen molar-refractivity contribution >= 4 is 34.7 Å². The fraction of sp³-hybridized carbons (Fsp3) is 0.167. The minimum Gasteiger partial charge on any atom is -0.497 e. The Bertz CT molecular complexity index is 1250. The molecule has 0 unspecified atom stereocenters. The molecule has 0 fully saturated rings. The first-order valence-corrected chi connectivity index (χ1v) is 12.1. The molecule has 9 heteroatoms. The molecule has 2 aromatic heterocycles. The number of carbonyl (C=O) groups excluding carboxylic acids is 1. The zero-order valence-electron chi connectivity index (χ0n) is 18.5. The highest BCUT2D eigenvalue weighted by atomic mass is 32.2. The molecular weight excluding hydrogens is 454 g/mol. The molecular formula is C24H23N5O2S2. The van der Waals surface area contributed by atoms with Gasteiger partial charge in [0.1, 0.15) is 5.75 Å². The van der Waals surface area contributed by atoms with Gasteiger partial charge in [-0.1, -0.05) is 35.5 Å². The Morgan fingerprint density at radius 3 is 2.55 bits per heavy atom. The molecule has 0 atom stereocenters. The third kappa shape index (κ3) is 5.50. The summed E-state index contributed by atoms with van der Waals surface area (Å²) in [4.78, 5) is 13.4. The van der Waals surface area contributed by atoms with E-state index in [0.717, 1.165) is 33.2 Å². The number of benzene rings is 2. The highest BCUT2D eigenvalue weighted by Gasteiger charge is 2.17. The number of hydrogen-bond acceptors (Lipinski definition) is 7. The van der Waals surface area contributed by atoms with E-state index in [-0.39, 0.29) is 11.7 Å². The molecule has 0 aliphatic carbocycles. The average Bonchev–Trinajstić information content (AvgIpc) is 3.52. The van der Waals surface area contributed by atoms with Crippen LogP contribution in [0.4, 0.5) is 0 Å². The SMILES string of the molecule is COc1ccc(-c2nnc(SCC(=O)N/N=C(\C)c3cccs3)n2-c2ccc(C)cc2)cc1. The second-order valence-electron chi connectivity index (χ2n) is 7.20. The monoisotopic (exact) mass is 477 g/mol. The molecule has 0 saturated carbocycles. The predicted molar refractivity (Wildman–Crippen MR) is 133 cm³/mol. The van der Waals surface area contributed by atoms with Crippen LogP contribution >= 0.6 is 23.1 Å². The second-order valence-corrected chi connectivity index (χ2v) is 9.09. The molecule has 2 aromatic carbocycles. The minimum absolute atomic E-state index is 0.161. The van der Waals surface area contributed by atoms with E-state index in [0.29, 0.717) is 11.0 Å². The number of thiophene rings is 1. The van der Waals surface area contributed by atoms with Gasteiger partial charge in [-0.05, 0) is 61.7 Å². The number of aryl methyl sites for hydroxylation is 1. The van der Waals surface area contributed by atoms with Gasteiger partial charge >= 0.3 is 0 Å². The van der Waals surface area contributed by atoms with Gasteiger partial charge in [-0.25, -0.2) is 5.43 Å². The molecule has 0 bridgehead atoms. The summed E-state index contributed by atoms with van der Waals surface area (Å²) in [5, 5.41) is 15.6. The number of ether oxygens (including phenoxy) is 1. The van der Waals surface area contributed by atoms with E-state index in [1.165, 1.54) is 11.8 Å². The van der Waals surface area contributed by atoms with E-state index in [2.05, 4.69) is 20.7 Å². The summed E-state index contributed by atoms with van der Waals surface area (Å²) in [7, 11) is 1.63. The van der Waals surface area contributed by atoms with Gasteiger partial charge in [-0.3, -0.25) is 9.36 Å². The number of carbonyl (C=O) groups is 1. The van der Waals surface area contributed by atoms with Crippen molar-refractivity contribution in [3.63, 3.8) is 0 Å². The van der Waals surface area contributed by atoms with Gasteiger partial charge in [0.15, 0.2) is 11.0 Å². The molecule has 7 nitrogen and oxygen atoms in total. The summed E-state index contributed by atoms with van der Waals surface area (Å²) in [5.41, 5.74) is 6.37. The van der Waals surface area contributed by atoms with Crippen molar-refractivity contribution in [3.05, 3.63) is 76.5 Å². The number of nitrogens with one attached hydrogen (secondary N) is 1. The van der Waals surface area contributed by atoms with Crippen molar-refractivity contribution in [2.24, 2.45) is 5.10 Å². The number of rotatable bonds is 8. The topological polar surface area (TPSA) is 81.4 Å². The Hall–Kier alpha value is -3.43. The summed E-state index contributed by atoms with van der Waals surface area (Å²) in [6.07, 6.45) is 0. The molecule has 4 aromatic rings. The molecule has 2 heterocycles. The molecule has 0 aliphatic rings. The van der Waals surface area contributed by atoms with Crippen molar-refractivity contribution in [1.82, 2.24) is 20.2 Å². The summed E-state index contributed by atoms with van der Waals surface area (Å²) < 4.78 is 7.22. The number of amides is 1. The van der Waals surface area contributed by atoms with Gasteiger partial charge in [0.05, 0.1) is 18.6 Å². The van der Waals surface area contributed by atoms with Crippen molar-refractivity contribution in [1.29, 1.82) is 0 Å². The van der Waals surface area contributed by atoms with E-state index >= 15 is 0 Å². The normalized spacial score (nSPS) is 11.4. The van der Waals surface area contributed by atoms with Crippen LogP contribution in [0, 0.1) is 6.92 Å². The molecule has 33 heavy (non-hydrogen) atoms. The quantitative estimate of drug-likeness (QED) is 0.221. The van der Waals surface area contributed by atoms with Crippen LogP contribution in [-0.4, -0.2) is 39.2 Å². The first-order chi connectivity index (χ1) is 16.0. The van der Waals surface area contributed by atoms with Crippen molar-refractivity contribution in [2.45, 2.75) is 19.0 Å². The molecule has 0 aliphatic heterocycles. The van der Waals surface area contributed by atoms with Crippen molar-refractivity contribution in [3.8, 4) is 22.8 Å². The third-order valence-electron chi connectivity index (χ3n) is 4.83. The molecule has 0 saturated heterocycles. The van der Waals surface area contributed by atoms with Gasteiger partial charge < -0.3 is 4.74 Å². The Morgan fingerprint density at radius 1 is 1.12 bits per heavy atom. The van der Waals surface area contributed by atoms with Crippen molar-refractivity contribution in [2.75, 3.05) is 12.9 Å². The standard InChI is InChI=1S/C24H23N5O2S2/c1-16-6-10-19(11-7-16)29-23(18-8-12-20(31-3)13-9-18)27-28-24(29)33-15-22(30)26-25-17(2)21-5-4-14-32-21/h4-14H,15H2,1-3H3,(H,26,30)/b25-17+. The van der Waals surface area contributed by atoms with Crippen LogP contribution in [0.2, 0.25) is 0 Å². The lowest BCUT2D eigenvalue weighted by Gasteiger charge is -2.11. The number of hydrazone groups is 1. The van der Waals surface area contributed by atoms with Gasteiger partial charge in [-0.15, -0.1) is 21.5 Å². The smallest absolute Gasteiger partial charge is 0.250 e. The van der Waals surface area contributed by atoms with E-state index in [4.69, 9.17) is 4.74 Å². The maximum absolute atomic E-state index is 12.4. The lowest BCUT2D eigenvalue weighted by Crippen LogP contribution is -2.21. The largest absolute Gasteiger partial charge is 0.497 e. The van der Waals surface area contributed by atoms with Gasteiger partial charge in [0.2, 0.25) is 0 Å². The highest BCUT2D eigenvalue weighted by molar-refractivity contribution is 7.99. The van der Waals surface area contributed by atoms with E-state index in [1.54, 1.807) is 18.4 Å². The number of aromatic nitrogens is 3. The first-order valence-electron chi connectivity index (χ1n) is 10.2. The fourth-order valence-corrected chi connectivity index (χ4v) is 4.49. The molecule has 4 rings (SSSR count). The molecule has 1 N–H and O–H groups in total. The summed E-state index contributed by atoms with van der Waals surface area (Å²) in [6.45, 7) is 3.91. The van der Waals surface area contributed by atoms with Crippen LogP contribution in [0.3, 0.4) is 0 Å². The molecule has 0 spiro atoms. The summed E-state index contributed by atoms with van der Waals surface area (Å²) in [5.74, 6) is 1.41. The number of nitrogens with zero attached hydrogens (tertiary/aromatic N) is 4. The van der Waals surface area contributed by atoms with E-state index in [1.807, 2.05) is 84.5 Å². The Balaban J connectivity index is 1.56. The predicted octanol–water partition coefficient (Wildman–Crippen LogP) is 4.95. The molecule has 1 amide bonds. The zero-order chi connectivity index (χ0) is 23.2. The average molecular weight is 478 g/mol. The van der Waals surface area contributed by atoms with Crippen LogP contribution in [0.25, 0.3) is 17.1 Å². The van der Waals surface area contributed by atoms with Crippen LogP contribution < -0.4 is 10.2 Å². The second kappa shape index (κ2) is 10.5. The van der Waals surface area contributed by atoms with Gasteiger partial charge in [0, 0.05) is 16.1 Å². The van der Waals surface area contributed by atoms with E-state index in [9.17, 15) is 4.79 Å². The van der Waals surface area contributed by atoms with Crippen molar-refractivity contribution < 1.29 is 9.53 Å². The van der Waals surface area contributed by atoms with E-state index < -0.39 is 0 Å². The van der Waals surface area contributed by atoms with Crippen LogP contribution in [0.15, 0.2) is 76.3 Å². The third-order valence-corrected chi connectivity index (χ3v) is 6.74. The first kappa shape index (κ1) is 22.8. The Kier molecular flexibility index (Phi) is 7.21. The molecule has 0 radical (unpaired) electrons. The van der Waals surface area contributed by atoms with Gasteiger partial charge in [-0.2, -0.15) is 5.10 Å². The maximum atomic E-state index is 12.4. The summed E-state index contributed by atoms with van der Waals surface area (Å²) in [6, 6.07) is 19.7. The van der Waals surface area contributed by atoms with Crippen LogP contribution in [-0.2, 0) is 4.79 Å². The fourth-order valence-electron chi connectivity index (χ4n) is 3.07. The lowest BCUT2D eigenvalue weighted by atomic mass is 10.2. The van der Waals surface area contributed by atoms with Crippen LogP contribution in [0.5, 0.6) is 5.75 Å². The zero-order valence-corrected chi connectivity index (χ0v) is 20.1. The number of methoxy groups -OCH3 is 1. The number of thioether (sulfide) groups is 1. The Morgan fingerprint density at radius 2 is 1.88 bits per heavy atom. The summed E-state index contributed by atoms with van der Waals surface area (Å²) >= 11 is 2.89. The molecule has 168 valence electrons. The van der Waals surface area contributed by atoms with Crippen LogP contribution in [0.1, 0.15) is 17.4 Å².